The summed E-state index contributed by atoms with van der Waals surface area (Å²) in [7, 11) is 1.88. The molecule has 1 aliphatic heterocycles. The molecule has 0 saturated carbocycles. The third-order valence-corrected chi connectivity index (χ3v) is 5.14. The van der Waals surface area contributed by atoms with Crippen molar-refractivity contribution in [2.24, 2.45) is 12.8 Å². The van der Waals surface area contributed by atoms with Crippen molar-refractivity contribution >= 4 is 28.6 Å². The van der Waals surface area contributed by atoms with Crippen LogP contribution in [-0.4, -0.2) is 27.0 Å². The summed E-state index contributed by atoms with van der Waals surface area (Å²) >= 11 is 6.15. The lowest BCUT2D eigenvalue weighted by Gasteiger charge is -2.16. The number of nitrogens with two attached hydrogens (primary N) is 1. The van der Waals surface area contributed by atoms with Crippen LogP contribution < -0.4 is 5.73 Å². The van der Waals surface area contributed by atoms with Crippen LogP contribution in [0, 0.1) is 0 Å². The van der Waals surface area contributed by atoms with Crippen LogP contribution in [-0.2, 0) is 16.5 Å². The van der Waals surface area contributed by atoms with Gasteiger partial charge in [-0.1, -0.05) is 41.9 Å². The summed E-state index contributed by atoms with van der Waals surface area (Å²) in [5, 5.41) is 5.67. The number of rotatable bonds is 7. The molecule has 0 spiro atoms. The third-order valence-electron chi connectivity index (χ3n) is 4.95. The first-order valence-electron chi connectivity index (χ1n) is 9.17. The topological polar surface area (TPSA) is 95.6 Å². The third kappa shape index (κ3) is 3.95. The van der Waals surface area contributed by atoms with E-state index in [1.807, 2.05) is 37.4 Å². The fourth-order valence-electron chi connectivity index (χ4n) is 3.61. The van der Waals surface area contributed by atoms with Crippen molar-refractivity contribution in [1.29, 1.82) is 0 Å². The second-order valence-corrected chi connectivity index (χ2v) is 7.29. The number of primary amides is 1. The molecule has 3 aromatic rings. The lowest BCUT2D eigenvalue weighted by Crippen LogP contribution is -2.17. The van der Waals surface area contributed by atoms with Crippen LogP contribution in [0.25, 0.3) is 10.9 Å². The van der Waals surface area contributed by atoms with Gasteiger partial charge in [0.15, 0.2) is 0 Å². The van der Waals surface area contributed by atoms with E-state index in [9.17, 15) is 4.79 Å². The molecular formula is C20H21ClN4O3. The Morgan fingerprint density at radius 3 is 2.93 bits per heavy atom. The highest BCUT2D eigenvalue weighted by atomic mass is 35.5. The maximum Gasteiger partial charge on any atom is 0.405 e. The van der Waals surface area contributed by atoms with Gasteiger partial charge < -0.3 is 15.2 Å². The number of hydrogen-bond acceptors (Lipinski definition) is 5. The molecule has 3 heterocycles. The number of benzene rings is 1. The number of nitrogens with zero attached hydrogens (tertiary/aromatic N) is 3. The number of ether oxygens (including phenoxy) is 2. The van der Waals surface area contributed by atoms with Gasteiger partial charge in [0, 0.05) is 12.4 Å². The monoisotopic (exact) mass is 400 g/mol. The second-order valence-electron chi connectivity index (χ2n) is 6.90. The first kappa shape index (κ1) is 18.7. The second kappa shape index (κ2) is 7.77. The molecule has 28 heavy (non-hydrogen) atoms. The lowest BCUT2D eigenvalue weighted by molar-refractivity contribution is 0.0991. The van der Waals surface area contributed by atoms with Crippen molar-refractivity contribution in [3.8, 4) is 0 Å². The molecule has 2 aromatic heterocycles. The highest BCUT2D eigenvalue weighted by Crippen LogP contribution is 2.44. The van der Waals surface area contributed by atoms with Gasteiger partial charge in [0.05, 0.1) is 23.5 Å². The number of carbonyl (C=O) groups is 1. The molecule has 7 nitrogen and oxygen atoms in total. The predicted molar refractivity (Wildman–Crippen MR) is 105 cm³/mol. The number of halogens is 1. The number of hydrogen-bond donors (Lipinski definition) is 1. The van der Waals surface area contributed by atoms with Crippen molar-refractivity contribution in [2.75, 3.05) is 0 Å². The Hall–Kier alpha value is -2.64. The predicted octanol–water partition coefficient (Wildman–Crippen LogP) is 4.07. The van der Waals surface area contributed by atoms with E-state index in [-0.39, 0.29) is 18.3 Å². The van der Waals surface area contributed by atoms with Gasteiger partial charge in [0.1, 0.15) is 17.4 Å². The number of pyridine rings is 1. The van der Waals surface area contributed by atoms with Crippen molar-refractivity contribution in [3.63, 3.8) is 0 Å². The average Bonchev–Trinajstić information content (AvgIpc) is 3.35. The molecule has 3 atom stereocenters. The van der Waals surface area contributed by atoms with Gasteiger partial charge in [-0.15, -0.1) is 0 Å². The Kier molecular flexibility index (Phi) is 5.19. The van der Waals surface area contributed by atoms with E-state index in [0.29, 0.717) is 11.6 Å². The minimum absolute atomic E-state index is 0.0640. The molecule has 1 amide bonds. The van der Waals surface area contributed by atoms with Crippen LogP contribution >= 0.6 is 11.6 Å². The normalized spacial score (nSPS) is 19.5. The van der Waals surface area contributed by atoms with Crippen molar-refractivity contribution in [1.82, 2.24) is 14.8 Å². The summed E-state index contributed by atoms with van der Waals surface area (Å²) in [5.41, 5.74) is 7.92. The maximum atomic E-state index is 11.2. The Morgan fingerprint density at radius 1 is 1.39 bits per heavy atom. The maximum absolute atomic E-state index is 11.2. The summed E-state index contributed by atoms with van der Waals surface area (Å²) < 4.78 is 12.9. The smallest absolute Gasteiger partial charge is 0.405 e. The number of epoxide rings is 1. The zero-order chi connectivity index (χ0) is 19.7. The number of aromatic nitrogens is 3. The molecule has 4 rings (SSSR count). The molecule has 1 fully saturated rings. The van der Waals surface area contributed by atoms with E-state index in [4.69, 9.17) is 26.8 Å². The summed E-state index contributed by atoms with van der Waals surface area (Å²) in [4.78, 5) is 15.7. The molecule has 0 aliphatic carbocycles. The molecule has 3 unspecified atom stereocenters. The van der Waals surface area contributed by atoms with Crippen LogP contribution in [0.4, 0.5) is 4.79 Å². The molecule has 1 saturated heterocycles. The van der Waals surface area contributed by atoms with Gasteiger partial charge >= 0.3 is 6.09 Å². The zero-order valence-electron chi connectivity index (χ0n) is 15.4. The van der Waals surface area contributed by atoms with E-state index in [1.54, 1.807) is 16.9 Å². The van der Waals surface area contributed by atoms with Gasteiger partial charge in [0.2, 0.25) is 0 Å². The summed E-state index contributed by atoms with van der Waals surface area (Å²) in [6.45, 7) is 0. The number of aryl methyl sites for hydroxylation is 1. The number of amides is 1. The van der Waals surface area contributed by atoms with Crippen molar-refractivity contribution < 1.29 is 14.3 Å². The SMILES string of the molecule is Cn1ncc2cc(Cl)nc(C3OC3CCCC(OC(N)=O)c3ccccc3)c21. The standard InChI is InChI=1S/C20H21ClN4O3/c1-25-18-13(11-23-25)10-16(21)24-17(18)19-15(27-19)9-5-8-14(28-20(22)26)12-6-3-2-4-7-12/h2-4,6-7,10-11,14-15,19H,5,8-9H2,1H3,(H2,22,26). The van der Waals surface area contributed by atoms with E-state index in [1.165, 1.54) is 0 Å². The van der Waals surface area contributed by atoms with Crippen molar-refractivity contribution in [3.05, 3.63) is 59.0 Å². The van der Waals surface area contributed by atoms with Gasteiger partial charge in [-0.2, -0.15) is 5.10 Å². The van der Waals surface area contributed by atoms with Gasteiger partial charge in [-0.05, 0) is 30.9 Å². The number of fused-ring (bicyclic) bond motifs is 1. The minimum Gasteiger partial charge on any atom is -0.442 e. The molecule has 1 aromatic carbocycles. The molecule has 0 radical (unpaired) electrons. The lowest BCUT2D eigenvalue weighted by atomic mass is 10.0. The first-order valence-corrected chi connectivity index (χ1v) is 9.55. The number of carbonyl (C=O) groups excluding carboxylic acids is 1. The summed E-state index contributed by atoms with van der Waals surface area (Å²) in [5.74, 6) is 0. The van der Waals surface area contributed by atoms with E-state index in [2.05, 4.69) is 10.1 Å². The van der Waals surface area contributed by atoms with Gasteiger partial charge in [0.25, 0.3) is 0 Å². The molecule has 146 valence electrons. The van der Waals surface area contributed by atoms with Crippen LogP contribution in [0.2, 0.25) is 5.15 Å². The van der Waals surface area contributed by atoms with E-state index < -0.39 is 6.09 Å². The van der Waals surface area contributed by atoms with E-state index >= 15 is 0 Å². The molecule has 8 heteroatoms. The Balaban J connectivity index is 1.39. The highest BCUT2D eigenvalue weighted by molar-refractivity contribution is 6.30. The largest absolute Gasteiger partial charge is 0.442 e. The van der Waals surface area contributed by atoms with Gasteiger partial charge in [-0.3, -0.25) is 4.68 Å². The highest BCUT2D eigenvalue weighted by Gasteiger charge is 2.42. The minimum atomic E-state index is -0.767. The van der Waals surface area contributed by atoms with Crippen LogP contribution in [0.3, 0.4) is 0 Å². The molecule has 2 N–H and O–H groups in total. The first-order chi connectivity index (χ1) is 13.5. The summed E-state index contributed by atoms with van der Waals surface area (Å²) in [6, 6.07) is 11.4. The van der Waals surface area contributed by atoms with Crippen molar-refractivity contribution in [2.45, 2.75) is 37.6 Å². The Bertz CT molecular complexity index is 992. The van der Waals surface area contributed by atoms with Crippen LogP contribution in [0.1, 0.15) is 42.7 Å². The summed E-state index contributed by atoms with van der Waals surface area (Å²) in [6.07, 6.45) is 2.93. The quantitative estimate of drug-likeness (QED) is 0.476. The molecule has 0 bridgehead atoms. The molecular weight excluding hydrogens is 380 g/mol. The van der Waals surface area contributed by atoms with Crippen LogP contribution in [0.5, 0.6) is 0 Å². The van der Waals surface area contributed by atoms with E-state index in [0.717, 1.165) is 35.0 Å². The zero-order valence-corrected chi connectivity index (χ0v) is 16.2. The Morgan fingerprint density at radius 2 is 2.18 bits per heavy atom. The fourth-order valence-corrected chi connectivity index (χ4v) is 3.82. The Labute approximate surface area is 167 Å². The van der Waals surface area contributed by atoms with Crippen LogP contribution in [0.15, 0.2) is 42.6 Å². The van der Waals surface area contributed by atoms with Gasteiger partial charge in [-0.25, -0.2) is 9.78 Å². The average molecular weight is 401 g/mol. The fraction of sp³-hybridized carbons (Fsp3) is 0.350. The molecule has 1 aliphatic rings.